The van der Waals surface area contributed by atoms with Crippen LogP contribution in [0, 0.1) is 0 Å². The van der Waals surface area contributed by atoms with E-state index in [9.17, 15) is 44.3 Å². The van der Waals surface area contributed by atoms with Crippen LogP contribution in [0.1, 0.15) is 66.3 Å². The molecule has 13 heteroatoms. The summed E-state index contributed by atoms with van der Waals surface area (Å²) in [7, 11) is 1.18. The Morgan fingerprint density at radius 3 is 1.92 bits per heavy atom. The summed E-state index contributed by atoms with van der Waals surface area (Å²) in [4.78, 5) is 14.0. The van der Waals surface area contributed by atoms with Crippen molar-refractivity contribution in [3.05, 3.63) is 64.2 Å². The minimum atomic E-state index is -5.12. The molecule has 4 nitrogen and oxygen atoms in total. The lowest BCUT2D eigenvalue weighted by Gasteiger charge is -2.43. The van der Waals surface area contributed by atoms with Crippen molar-refractivity contribution < 1.29 is 53.8 Å². The molecule has 1 aliphatic heterocycles. The van der Waals surface area contributed by atoms with Gasteiger partial charge in [-0.15, -0.1) is 0 Å². The Labute approximate surface area is 218 Å². The monoisotopic (exact) mass is 571 g/mol. The number of ether oxygens (including phenoxy) is 2. The quantitative estimate of drug-likeness (QED) is 0.327. The van der Waals surface area contributed by atoms with Crippen LogP contribution in [0.25, 0.3) is 0 Å². The summed E-state index contributed by atoms with van der Waals surface area (Å²) in [6, 6.07) is 3.06. The van der Waals surface area contributed by atoms with Crippen LogP contribution in [-0.2, 0) is 28.0 Å². The number of fused-ring (bicyclic) bond motifs is 1. The minimum absolute atomic E-state index is 0.0126. The fraction of sp³-hybridized carbons (Fsp3) is 0.500. The Kier molecular flexibility index (Phi) is 8.83. The van der Waals surface area contributed by atoms with E-state index < -0.39 is 71.4 Å². The van der Waals surface area contributed by atoms with Gasteiger partial charge in [0.1, 0.15) is 0 Å². The summed E-state index contributed by atoms with van der Waals surface area (Å²) in [6.45, 7) is 2.82. The second-order valence-electron chi connectivity index (χ2n) is 9.15. The van der Waals surface area contributed by atoms with Crippen molar-refractivity contribution in [3.8, 4) is 0 Å². The minimum Gasteiger partial charge on any atom is -0.449 e. The van der Waals surface area contributed by atoms with E-state index in [2.05, 4.69) is 0 Å². The van der Waals surface area contributed by atoms with Crippen molar-refractivity contribution in [2.45, 2.75) is 63.1 Å². The Balaban J connectivity index is 2.30. The molecular weight excluding hydrogens is 545 g/mol. The predicted molar refractivity (Wildman–Crippen MR) is 123 cm³/mol. The van der Waals surface area contributed by atoms with Gasteiger partial charge < -0.3 is 9.47 Å². The van der Waals surface area contributed by atoms with Gasteiger partial charge in [-0.2, -0.15) is 39.5 Å². The van der Waals surface area contributed by atoms with Crippen molar-refractivity contribution in [2.75, 3.05) is 25.2 Å². The fourth-order valence-electron chi connectivity index (χ4n) is 4.96. The summed E-state index contributed by atoms with van der Waals surface area (Å²) in [6.07, 6.45) is -15.6. The van der Waals surface area contributed by atoms with Crippen LogP contribution < -0.4 is 4.90 Å². The zero-order chi connectivity index (χ0) is 29.3. The highest BCUT2D eigenvalue weighted by molar-refractivity contribution is 5.90. The highest BCUT2D eigenvalue weighted by Gasteiger charge is 2.43. The molecule has 0 aromatic heterocycles. The first-order valence-electron chi connectivity index (χ1n) is 12.0. The zero-order valence-corrected chi connectivity index (χ0v) is 21.1. The van der Waals surface area contributed by atoms with Crippen LogP contribution in [0.5, 0.6) is 0 Å². The molecule has 1 heterocycles. The molecule has 2 aromatic rings. The summed E-state index contributed by atoms with van der Waals surface area (Å²) in [5.74, 6) is -2.23. The van der Waals surface area contributed by atoms with Crippen LogP contribution in [-0.4, -0.2) is 32.5 Å². The topological polar surface area (TPSA) is 38.8 Å². The number of halogens is 9. The number of carbonyl (C=O) groups is 1. The summed E-state index contributed by atoms with van der Waals surface area (Å²) in [5.41, 5.74) is -4.60. The number of nitrogens with zero attached hydrogens (tertiary/aromatic N) is 1. The van der Waals surface area contributed by atoms with Crippen molar-refractivity contribution >= 4 is 11.8 Å². The van der Waals surface area contributed by atoms with E-state index in [1.54, 1.807) is 13.8 Å². The molecule has 3 unspecified atom stereocenters. The largest absolute Gasteiger partial charge is 0.449 e. The maximum Gasteiger partial charge on any atom is 0.416 e. The van der Waals surface area contributed by atoms with Gasteiger partial charge in [0.25, 0.3) is 0 Å². The molecule has 0 saturated carbocycles. The molecule has 0 fully saturated rings. The number of anilines is 1. The van der Waals surface area contributed by atoms with Crippen LogP contribution in [0.2, 0.25) is 0 Å². The Morgan fingerprint density at radius 1 is 0.897 bits per heavy atom. The third-order valence-electron chi connectivity index (χ3n) is 6.71. The number of methoxy groups -OCH3 is 1. The van der Waals surface area contributed by atoms with Crippen molar-refractivity contribution in [1.82, 2.24) is 0 Å². The number of hydrogen-bond donors (Lipinski definition) is 0. The number of rotatable bonds is 6. The molecule has 3 rings (SSSR count). The van der Waals surface area contributed by atoms with Crippen molar-refractivity contribution in [3.63, 3.8) is 0 Å². The van der Waals surface area contributed by atoms with E-state index in [1.807, 2.05) is 0 Å². The molecule has 0 saturated heterocycles. The third kappa shape index (κ3) is 6.62. The van der Waals surface area contributed by atoms with E-state index in [4.69, 9.17) is 9.47 Å². The number of carbonyl (C=O) groups excluding carboxylic acids is 1. The van der Waals surface area contributed by atoms with E-state index >= 15 is 0 Å². The lowest BCUT2D eigenvalue weighted by atomic mass is 9.73. The highest BCUT2D eigenvalue weighted by Crippen LogP contribution is 2.49. The average Bonchev–Trinajstić information content (AvgIpc) is 2.84. The standard InChI is InChI=1S/C26H26F9NO3/c1-4-18-12-19(20-11-15(24(27,28)29)6-7-22(20)36(18)23(37)39-5-2)21(13-38-3)14-8-16(25(30,31)32)10-17(9-14)26(33,34)35/h6-11,18-19,21H,4-5,12-13H2,1-3H3. The number of amides is 1. The lowest BCUT2D eigenvalue weighted by molar-refractivity contribution is -0.143. The van der Waals surface area contributed by atoms with E-state index in [0.29, 0.717) is 12.1 Å². The number of alkyl halides is 9. The second kappa shape index (κ2) is 11.3. The summed E-state index contributed by atoms with van der Waals surface area (Å²) in [5, 5.41) is 0. The molecular formula is C26H26F9NO3. The lowest BCUT2D eigenvalue weighted by Crippen LogP contribution is -2.46. The van der Waals surface area contributed by atoms with Crippen molar-refractivity contribution in [1.29, 1.82) is 0 Å². The fourth-order valence-corrected chi connectivity index (χ4v) is 4.96. The average molecular weight is 571 g/mol. The maximum absolute atomic E-state index is 13.7. The number of benzene rings is 2. The molecule has 1 aliphatic rings. The maximum atomic E-state index is 13.7. The Morgan fingerprint density at radius 2 is 1.46 bits per heavy atom. The predicted octanol–water partition coefficient (Wildman–Crippen LogP) is 8.40. The Hall–Kier alpha value is -2.96. The van der Waals surface area contributed by atoms with Gasteiger partial charge in [0.2, 0.25) is 0 Å². The third-order valence-corrected chi connectivity index (χ3v) is 6.71. The van der Waals surface area contributed by atoms with Gasteiger partial charge in [-0.3, -0.25) is 4.90 Å². The number of hydrogen-bond acceptors (Lipinski definition) is 3. The molecule has 1 amide bonds. The summed E-state index contributed by atoms with van der Waals surface area (Å²) < 4.78 is 133. The van der Waals surface area contributed by atoms with Crippen LogP contribution in [0.4, 0.5) is 50.0 Å². The van der Waals surface area contributed by atoms with Crippen LogP contribution in [0.15, 0.2) is 36.4 Å². The highest BCUT2D eigenvalue weighted by atomic mass is 19.4. The first kappa shape index (κ1) is 30.6. The van der Waals surface area contributed by atoms with E-state index in [-0.39, 0.29) is 36.8 Å². The van der Waals surface area contributed by atoms with Crippen LogP contribution >= 0.6 is 0 Å². The first-order chi connectivity index (χ1) is 18.0. The SMILES string of the molecule is CCOC(=O)N1c2ccc(C(F)(F)F)cc2C(C(COC)c2cc(C(F)(F)F)cc(C(F)(F)F)c2)CC1CC. The molecule has 216 valence electrons. The van der Waals surface area contributed by atoms with Crippen molar-refractivity contribution in [2.24, 2.45) is 0 Å². The molecule has 3 atom stereocenters. The molecule has 0 spiro atoms. The molecule has 39 heavy (non-hydrogen) atoms. The molecule has 0 aliphatic carbocycles. The normalized spacial score (nSPS) is 19.0. The van der Waals surface area contributed by atoms with E-state index in [1.165, 1.54) is 12.0 Å². The van der Waals surface area contributed by atoms with Gasteiger partial charge in [-0.05, 0) is 73.2 Å². The van der Waals surface area contributed by atoms with Gasteiger partial charge in [0.05, 0.1) is 35.6 Å². The van der Waals surface area contributed by atoms with Gasteiger partial charge >= 0.3 is 24.6 Å². The van der Waals surface area contributed by atoms with Gasteiger partial charge in [0, 0.05) is 19.1 Å². The molecule has 0 bridgehead atoms. The smallest absolute Gasteiger partial charge is 0.416 e. The molecule has 2 aromatic carbocycles. The van der Waals surface area contributed by atoms with Gasteiger partial charge in [0.15, 0.2) is 0 Å². The molecule has 0 N–H and O–H groups in total. The molecule has 0 radical (unpaired) electrons. The second-order valence-corrected chi connectivity index (χ2v) is 9.15. The summed E-state index contributed by atoms with van der Waals surface area (Å²) >= 11 is 0. The zero-order valence-electron chi connectivity index (χ0n) is 21.1. The van der Waals surface area contributed by atoms with E-state index in [0.717, 1.165) is 18.2 Å². The van der Waals surface area contributed by atoms with Crippen LogP contribution in [0.3, 0.4) is 0 Å². The Bertz CT molecular complexity index is 1140. The van der Waals surface area contributed by atoms with Gasteiger partial charge in [-0.25, -0.2) is 4.79 Å². The van der Waals surface area contributed by atoms with Gasteiger partial charge in [-0.1, -0.05) is 6.92 Å². The first-order valence-corrected chi connectivity index (χ1v) is 12.0.